The highest BCUT2D eigenvalue weighted by Crippen LogP contribution is 2.20. The van der Waals surface area contributed by atoms with Crippen LogP contribution in [0.25, 0.3) is 0 Å². The van der Waals surface area contributed by atoms with E-state index in [-0.39, 0.29) is 6.10 Å². The van der Waals surface area contributed by atoms with E-state index < -0.39 is 0 Å². The molecule has 1 saturated heterocycles. The largest absolute Gasteiger partial charge is 0.393 e. The third-order valence-corrected chi connectivity index (χ3v) is 5.17. The van der Waals surface area contributed by atoms with Gasteiger partial charge in [-0.3, -0.25) is 0 Å². The fourth-order valence-electron chi connectivity index (χ4n) is 2.60. The van der Waals surface area contributed by atoms with Crippen molar-refractivity contribution < 1.29 is 10.0 Å². The standard InChI is InChI=1S/C15H20N4OS2/c1-11-2-4-12(5-3-11)16-14-17-19(15(21)22-14)10-18-8-6-13(20)7-9-18/h2-5,13,20H,6-10H2,1H3,(H,16,17)/p+1. The third kappa shape index (κ3) is 3.92. The van der Waals surface area contributed by atoms with E-state index in [0.717, 1.165) is 47.4 Å². The molecular weight excluding hydrogens is 316 g/mol. The maximum Gasteiger partial charge on any atom is 0.209 e. The van der Waals surface area contributed by atoms with Gasteiger partial charge in [-0.05, 0) is 31.3 Å². The lowest BCUT2D eigenvalue weighted by atomic mass is 10.1. The van der Waals surface area contributed by atoms with Crippen molar-refractivity contribution >= 4 is 34.4 Å². The zero-order chi connectivity index (χ0) is 15.5. The molecule has 0 saturated carbocycles. The van der Waals surface area contributed by atoms with Gasteiger partial charge < -0.3 is 15.3 Å². The summed E-state index contributed by atoms with van der Waals surface area (Å²) in [6, 6.07) is 8.23. The van der Waals surface area contributed by atoms with Gasteiger partial charge in [-0.25, -0.2) is 0 Å². The van der Waals surface area contributed by atoms with E-state index in [9.17, 15) is 5.11 Å². The van der Waals surface area contributed by atoms with E-state index in [1.54, 1.807) is 0 Å². The number of aliphatic hydroxyl groups is 1. The summed E-state index contributed by atoms with van der Waals surface area (Å²) >= 11 is 6.91. The van der Waals surface area contributed by atoms with Gasteiger partial charge in [-0.1, -0.05) is 29.0 Å². The average Bonchev–Trinajstić information content (AvgIpc) is 2.84. The van der Waals surface area contributed by atoms with Crippen molar-refractivity contribution in [2.75, 3.05) is 18.4 Å². The first-order valence-electron chi connectivity index (χ1n) is 7.53. The molecule has 3 rings (SSSR count). The Morgan fingerprint density at radius 1 is 1.36 bits per heavy atom. The van der Waals surface area contributed by atoms with Crippen LogP contribution in [-0.2, 0) is 6.67 Å². The lowest BCUT2D eigenvalue weighted by Crippen LogP contribution is -3.12. The second-order valence-corrected chi connectivity index (χ2v) is 7.43. The Kier molecular flexibility index (Phi) is 4.87. The minimum atomic E-state index is -0.133. The van der Waals surface area contributed by atoms with Gasteiger partial charge in [-0.2, -0.15) is 4.68 Å². The molecule has 0 atom stereocenters. The van der Waals surface area contributed by atoms with E-state index in [4.69, 9.17) is 12.2 Å². The molecule has 0 unspecified atom stereocenters. The topological polar surface area (TPSA) is 54.5 Å². The van der Waals surface area contributed by atoms with Crippen molar-refractivity contribution in [3.63, 3.8) is 0 Å². The van der Waals surface area contributed by atoms with Gasteiger partial charge in [0, 0.05) is 18.5 Å². The van der Waals surface area contributed by atoms with Gasteiger partial charge in [0.1, 0.15) is 0 Å². The molecule has 0 aliphatic carbocycles. The number of rotatable bonds is 4. The van der Waals surface area contributed by atoms with Gasteiger partial charge in [0.25, 0.3) is 0 Å². The maximum absolute atomic E-state index is 9.57. The molecule has 1 fully saturated rings. The fraction of sp³-hybridized carbons (Fsp3) is 0.467. The number of quaternary nitrogens is 1. The van der Waals surface area contributed by atoms with Crippen molar-refractivity contribution in [1.29, 1.82) is 0 Å². The van der Waals surface area contributed by atoms with Gasteiger partial charge in [0.2, 0.25) is 5.13 Å². The van der Waals surface area contributed by atoms with Crippen molar-refractivity contribution in [3.8, 4) is 0 Å². The summed E-state index contributed by atoms with van der Waals surface area (Å²) in [5.74, 6) is 0. The van der Waals surface area contributed by atoms with Crippen LogP contribution in [0.5, 0.6) is 0 Å². The summed E-state index contributed by atoms with van der Waals surface area (Å²) < 4.78 is 2.68. The van der Waals surface area contributed by atoms with Gasteiger partial charge in [-0.15, -0.1) is 5.10 Å². The molecule has 22 heavy (non-hydrogen) atoms. The molecule has 2 heterocycles. The van der Waals surface area contributed by atoms with Crippen molar-refractivity contribution in [2.45, 2.75) is 32.5 Å². The highest BCUT2D eigenvalue weighted by molar-refractivity contribution is 7.73. The number of aromatic nitrogens is 2. The predicted octanol–water partition coefficient (Wildman–Crippen LogP) is 1.72. The minimum absolute atomic E-state index is 0.133. The highest BCUT2D eigenvalue weighted by Gasteiger charge is 2.21. The number of aliphatic hydroxyl groups excluding tert-OH is 1. The van der Waals surface area contributed by atoms with E-state index in [0.29, 0.717) is 0 Å². The predicted molar refractivity (Wildman–Crippen MR) is 91.3 cm³/mol. The van der Waals surface area contributed by atoms with E-state index in [2.05, 4.69) is 29.5 Å². The van der Waals surface area contributed by atoms with Crippen molar-refractivity contribution in [3.05, 3.63) is 33.8 Å². The molecule has 1 aromatic heterocycles. The molecule has 1 aliphatic heterocycles. The van der Waals surface area contributed by atoms with Gasteiger partial charge in [0.05, 0.1) is 19.2 Å². The first kappa shape index (κ1) is 15.6. The van der Waals surface area contributed by atoms with Crippen molar-refractivity contribution in [2.24, 2.45) is 0 Å². The van der Waals surface area contributed by atoms with Crippen LogP contribution < -0.4 is 10.2 Å². The molecule has 1 aliphatic rings. The van der Waals surface area contributed by atoms with E-state index >= 15 is 0 Å². The van der Waals surface area contributed by atoms with E-state index in [1.807, 2.05) is 16.8 Å². The monoisotopic (exact) mass is 337 g/mol. The number of nitrogens with zero attached hydrogens (tertiary/aromatic N) is 2. The molecule has 7 heteroatoms. The summed E-state index contributed by atoms with van der Waals surface area (Å²) in [5, 5.41) is 18.3. The number of anilines is 2. The number of piperidine rings is 1. The Bertz CT molecular complexity index is 672. The second kappa shape index (κ2) is 6.87. The summed E-state index contributed by atoms with van der Waals surface area (Å²) in [4.78, 5) is 1.42. The first-order chi connectivity index (χ1) is 10.6. The number of likely N-dealkylation sites (tertiary alicyclic amines) is 1. The fourth-order valence-corrected chi connectivity index (χ4v) is 3.62. The summed E-state index contributed by atoms with van der Waals surface area (Å²) in [5.41, 5.74) is 2.26. The molecular formula is C15H21N4OS2+. The summed E-state index contributed by atoms with van der Waals surface area (Å²) in [7, 11) is 0. The smallest absolute Gasteiger partial charge is 0.209 e. The lowest BCUT2D eigenvalue weighted by Gasteiger charge is -2.26. The van der Waals surface area contributed by atoms with Crippen LogP contribution in [0, 0.1) is 10.9 Å². The maximum atomic E-state index is 9.57. The normalized spacial score (nSPS) is 21.7. The Labute approximate surface area is 139 Å². The molecule has 0 amide bonds. The number of hydrogen-bond acceptors (Lipinski definition) is 5. The lowest BCUT2D eigenvalue weighted by molar-refractivity contribution is -0.929. The molecule has 2 aromatic rings. The zero-order valence-electron chi connectivity index (χ0n) is 12.6. The molecule has 0 bridgehead atoms. The number of hydrogen-bond donors (Lipinski definition) is 3. The average molecular weight is 337 g/mol. The van der Waals surface area contributed by atoms with Crippen LogP contribution in [0.15, 0.2) is 24.3 Å². The van der Waals surface area contributed by atoms with E-state index in [1.165, 1.54) is 21.8 Å². The SMILES string of the molecule is Cc1ccc(Nc2nn(C[NH+]3CCC(O)CC3)c(=S)s2)cc1. The second-order valence-electron chi connectivity index (χ2n) is 5.80. The van der Waals surface area contributed by atoms with Crippen LogP contribution in [0.4, 0.5) is 10.8 Å². The number of nitrogens with one attached hydrogen (secondary N) is 2. The molecule has 0 spiro atoms. The summed E-state index contributed by atoms with van der Waals surface area (Å²) in [6.45, 7) is 4.79. The summed E-state index contributed by atoms with van der Waals surface area (Å²) in [6.07, 6.45) is 1.59. The Hall–Kier alpha value is -1.28. The molecule has 0 radical (unpaired) electrons. The zero-order valence-corrected chi connectivity index (χ0v) is 14.2. The van der Waals surface area contributed by atoms with Crippen LogP contribution in [0.1, 0.15) is 18.4 Å². The van der Waals surface area contributed by atoms with Crippen LogP contribution in [-0.4, -0.2) is 34.1 Å². The first-order valence-corrected chi connectivity index (χ1v) is 8.76. The molecule has 3 N–H and O–H groups in total. The number of aryl methyl sites for hydroxylation is 1. The Morgan fingerprint density at radius 3 is 2.73 bits per heavy atom. The van der Waals surface area contributed by atoms with Crippen LogP contribution in [0.3, 0.4) is 0 Å². The minimum Gasteiger partial charge on any atom is -0.393 e. The highest BCUT2D eigenvalue weighted by atomic mass is 32.1. The third-order valence-electron chi connectivity index (χ3n) is 3.94. The molecule has 5 nitrogen and oxygen atoms in total. The quantitative estimate of drug-likeness (QED) is 0.744. The van der Waals surface area contributed by atoms with Crippen molar-refractivity contribution in [1.82, 2.24) is 9.78 Å². The Morgan fingerprint density at radius 2 is 2.05 bits per heavy atom. The Balaban J connectivity index is 1.65. The van der Waals surface area contributed by atoms with Crippen LogP contribution >= 0.6 is 23.6 Å². The van der Waals surface area contributed by atoms with Gasteiger partial charge in [0.15, 0.2) is 10.6 Å². The number of benzene rings is 1. The van der Waals surface area contributed by atoms with Crippen LogP contribution in [0.2, 0.25) is 0 Å². The molecule has 1 aromatic carbocycles. The van der Waals surface area contributed by atoms with Gasteiger partial charge >= 0.3 is 0 Å². The molecule has 118 valence electrons.